The average molecular weight is 309 g/mol. The summed E-state index contributed by atoms with van der Waals surface area (Å²) in [6.45, 7) is 0. The molecule has 0 aliphatic carbocycles. The molecule has 0 saturated heterocycles. The summed E-state index contributed by atoms with van der Waals surface area (Å²) in [4.78, 5) is 0. The molecule has 2 rings (SSSR count). The maximum Gasteiger partial charge on any atom is 0.00976 e. The van der Waals surface area contributed by atoms with Gasteiger partial charge in [0, 0.05) is 5.25 Å². The van der Waals surface area contributed by atoms with Gasteiger partial charge in [0.1, 0.15) is 0 Å². The SMILES string of the molecule is Br.SC(Cc1ccccc1)Cc1ccccc1. The Morgan fingerprint density at radius 3 is 1.41 bits per heavy atom. The topological polar surface area (TPSA) is 0 Å². The molecule has 0 heterocycles. The fraction of sp³-hybridized carbons (Fsp3) is 0.200. The molecule has 0 aliphatic rings. The number of halogens is 1. The molecule has 90 valence electrons. The summed E-state index contributed by atoms with van der Waals surface area (Å²) in [5.74, 6) is 0. The molecule has 0 atom stereocenters. The molecule has 2 aromatic carbocycles. The van der Waals surface area contributed by atoms with Crippen LogP contribution in [0.4, 0.5) is 0 Å². The second-order valence-electron chi connectivity index (χ2n) is 4.03. The van der Waals surface area contributed by atoms with Crippen molar-refractivity contribution in [1.82, 2.24) is 0 Å². The molecule has 0 saturated carbocycles. The number of hydrogen-bond donors (Lipinski definition) is 1. The van der Waals surface area contributed by atoms with E-state index in [1.807, 2.05) is 12.1 Å². The van der Waals surface area contributed by atoms with Crippen LogP contribution in [0.1, 0.15) is 11.1 Å². The van der Waals surface area contributed by atoms with Crippen molar-refractivity contribution < 1.29 is 0 Å². The lowest BCUT2D eigenvalue weighted by molar-refractivity contribution is 0.848. The van der Waals surface area contributed by atoms with Gasteiger partial charge < -0.3 is 0 Å². The maximum absolute atomic E-state index is 4.65. The van der Waals surface area contributed by atoms with Crippen molar-refractivity contribution in [1.29, 1.82) is 0 Å². The second kappa shape index (κ2) is 7.57. The molecule has 0 N–H and O–H groups in total. The lowest BCUT2D eigenvalue weighted by atomic mass is 10.0. The van der Waals surface area contributed by atoms with Gasteiger partial charge in [-0.2, -0.15) is 12.6 Å². The zero-order valence-electron chi connectivity index (χ0n) is 9.62. The van der Waals surface area contributed by atoms with E-state index in [1.54, 1.807) is 0 Å². The van der Waals surface area contributed by atoms with Gasteiger partial charge in [0.15, 0.2) is 0 Å². The average Bonchev–Trinajstić information content (AvgIpc) is 2.31. The highest BCUT2D eigenvalue weighted by atomic mass is 79.9. The fourth-order valence-corrected chi connectivity index (χ4v) is 2.27. The quantitative estimate of drug-likeness (QED) is 0.798. The van der Waals surface area contributed by atoms with Crippen molar-refractivity contribution in [2.75, 3.05) is 0 Å². The van der Waals surface area contributed by atoms with Crippen molar-refractivity contribution in [3.63, 3.8) is 0 Å². The molecule has 0 unspecified atom stereocenters. The summed E-state index contributed by atoms with van der Waals surface area (Å²) in [6.07, 6.45) is 2.05. The van der Waals surface area contributed by atoms with Crippen molar-refractivity contribution in [2.45, 2.75) is 18.1 Å². The maximum atomic E-state index is 4.65. The van der Waals surface area contributed by atoms with Crippen LogP contribution < -0.4 is 0 Å². The van der Waals surface area contributed by atoms with Gasteiger partial charge in [0.05, 0.1) is 0 Å². The van der Waals surface area contributed by atoms with Crippen molar-refractivity contribution >= 4 is 29.6 Å². The molecular weight excluding hydrogens is 292 g/mol. The summed E-state index contributed by atoms with van der Waals surface area (Å²) in [5, 5.41) is 0.393. The molecule has 0 aliphatic heterocycles. The Balaban J connectivity index is 0.00000144. The molecule has 2 heteroatoms. The second-order valence-corrected chi connectivity index (χ2v) is 4.76. The van der Waals surface area contributed by atoms with Crippen LogP contribution in [0.3, 0.4) is 0 Å². The van der Waals surface area contributed by atoms with Gasteiger partial charge in [0.25, 0.3) is 0 Å². The number of thiol groups is 1. The minimum absolute atomic E-state index is 0. The lowest BCUT2D eigenvalue weighted by Gasteiger charge is -2.10. The van der Waals surface area contributed by atoms with Crippen LogP contribution in [0, 0.1) is 0 Å². The highest BCUT2D eigenvalue weighted by molar-refractivity contribution is 8.93. The summed E-state index contributed by atoms with van der Waals surface area (Å²) in [7, 11) is 0. The molecule has 17 heavy (non-hydrogen) atoms. The van der Waals surface area contributed by atoms with Gasteiger partial charge in [-0.3, -0.25) is 0 Å². The number of rotatable bonds is 4. The fourth-order valence-electron chi connectivity index (χ4n) is 1.84. The monoisotopic (exact) mass is 308 g/mol. The molecule has 0 aromatic heterocycles. The van der Waals surface area contributed by atoms with Crippen molar-refractivity contribution in [2.24, 2.45) is 0 Å². The van der Waals surface area contributed by atoms with E-state index < -0.39 is 0 Å². The molecule has 0 amide bonds. The Kier molecular flexibility index (Phi) is 6.38. The minimum Gasteiger partial charge on any atom is -0.175 e. The van der Waals surface area contributed by atoms with Crippen LogP contribution >= 0.6 is 29.6 Å². The van der Waals surface area contributed by atoms with E-state index in [1.165, 1.54) is 11.1 Å². The zero-order valence-corrected chi connectivity index (χ0v) is 12.2. The Morgan fingerprint density at radius 2 is 1.06 bits per heavy atom. The largest absolute Gasteiger partial charge is 0.175 e. The van der Waals surface area contributed by atoms with E-state index in [0.29, 0.717) is 5.25 Å². The Morgan fingerprint density at radius 1 is 0.706 bits per heavy atom. The molecule has 2 aromatic rings. The summed E-state index contributed by atoms with van der Waals surface area (Å²) in [5.41, 5.74) is 2.72. The third-order valence-corrected chi connectivity index (χ3v) is 2.99. The predicted molar refractivity (Wildman–Crippen MR) is 83.4 cm³/mol. The van der Waals surface area contributed by atoms with E-state index in [4.69, 9.17) is 0 Å². The van der Waals surface area contributed by atoms with E-state index in [9.17, 15) is 0 Å². The summed E-state index contributed by atoms with van der Waals surface area (Å²) < 4.78 is 0. The molecule has 0 nitrogen and oxygen atoms in total. The Bertz CT molecular complexity index is 372. The molecular formula is C15H17BrS. The first-order chi connectivity index (χ1) is 7.84. The first-order valence-corrected chi connectivity index (χ1v) is 6.12. The standard InChI is InChI=1S/C15H16S.BrH/c16-15(11-13-7-3-1-4-8-13)12-14-9-5-2-6-10-14;/h1-10,15-16H,11-12H2;1H. The van der Waals surface area contributed by atoms with Gasteiger partial charge in [-0.25, -0.2) is 0 Å². The molecule has 0 spiro atoms. The summed E-state index contributed by atoms with van der Waals surface area (Å²) >= 11 is 4.65. The number of benzene rings is 2. The number of hydrogen-bond acceptors (Lipinski definition) is 1. The van der Waals surface area contributed by atoms with Crippen LogP contribution in [0.2, 0.25) is 0 Å². The van der Waals surface area contributed by atoms with Gasteiger partial charge in [-0.1, -0.05) is 60.7 Å². The van der Waals surface area contributed by atoms with Crippen molar-refractivity contribution in [3.8, 4) is 0 Å². The van der Waals surface area contributed by atoms with Crippen LogP contribution in [0.25, 0.3) is 0 Å². The molecule has 0 fully saturated rings. The van der Waals surface area contributed by atoms with E-state index in [0.717, 1.165) is 12.8 Å². The Hall–Kier alpha value is -0.730. The van der Waals surface area contributed by atoms with Crippen LogP contribution in [-0.2, 0) is 12.8 Å². The predicted octanol–water partition coefficient (Wildman–Crippen LogP) is 4.35. The van der Waals surface area contributed by atoms with Gasteiger partial charge in [-0.15, -0.1) is 17.0 Å². The third kappa shape index (κ3) is 4.97. The summed E-state index contributed by atoms with van der Waals surface area (Å²) in [6, 6.07) is 21.1. The molecule has 0 bridgehead atoms. The zero-order chi connectivity index (χ0) is 11.2. The van der Waals surface area contributed by atoms with E-state index in [-0.39, 0.29) is 17.0 Å². The van der Waals surface area contributed by atoms with Crippen LogP contribution in [-0.4, -0.2) is 5.25 Å². The lowest BCUT2D eigenvalue weighted by Crippen LogP contribution is -2.07. The van der Waals surface area contributed by atoms with Gasteiger partial charge in [0.2, 0.25) is 0 Å². The normalized spacial score (nSPS) is 10.0. The van der Waals surface area contributed by atoms with Crippen LogP contribution in [0.15, 0.2) is 60.7 Å². The van der Waals surface area contributed by atoms with Gasteiger partial charge in [-0.05, 0) is 24.0 Å². The van der Waals surface area contributed by atoms with Crippen LogP contribution in [0.5, 0.6) is 0 Å². The van der Waals surface area contributed by atoms with Crippen molar-refractivity contribution in [3.05, 3.63) is 71.8 Å². The third-order valence-electron chi connectivity index (χ3n) is 2.63. The highest BCUT2D eigenvalue weighted by Gasteiger charge is 2.05. The van der Waals surface area contributed by atoms with Gasteiger partial charge >= 0.3 is 0 Å². The van der Waals surface area contributed by atoms with E-state index in [2.05, 4.69) is 61.2 Å². The highest BCUT2D eigenvalue weighted by Crippen LogP contribution is 2.13. The smallest absolute Gasteiger partial charge is 0.00976 e. The Labute approximate surface area is 119 Å². The van der Waals surface area contributed by atoms with E-state index >= 15 is 0 Å². The first kappa shape index (κ1) is 14.3. The minimum atomic E-state index is 0. The molecule has 0 radical (unpaired) electrons. The first-order valence-electron chi connectivity index (χ1n) is 5.60.